The molecule has 76 valence electrons. The van der Waals surface area contributed by atoms with Crippen LogP contribution in [-0.2, 0) is 0 Å². The van der Waals surface area contributed by atoms with Gasteiger partial charge in [-0.2, -0.15) is 0 Å². The summed E-state index contributed by atoms with van der Waals surface area (Å²) in [6.45, 7) is 3.40. The van der Waals surface area contributed by atoms with Gasteiger partial charge in [-0.1, -0.05) is 12.1 Å². The maximum absolute atomic E-state index is 11.2. The minimum atomic E-state index is 0.0418. The number of carbonyl (C=O) groups excluding carboxylic acids is 1. The number of hydrogen-bond acceptors (Lipinski definition) is 3. The first kappa shape index (κ1) is 9.65. The van der Waals surface area contributed by atoms with Crippen LogP contribution < -0.4 is 0 Å². The molecule has 1 heterocycles. The molecule has 0 saturated carbocycles. The summed E-state index contributed by atoms with van der Waals surface area (Å²) in [6.07, 6.45) is 1.59. The van der Waals surface area contributed by atoms with Gasteiger partial charge in [-0.15, -0.1) is 0 Å². The summed E-state index contributed by atoms with van der Waals surface area (Å²) in [4.78, 5) is 15.4. The van der Waals surface area contributed by atoms with E-state index in [9.17, 15) is 4.79 Å². The van der Waals surface area contributed by atoms with Crippen LogP contribution in [-0.4, -0.2) is 10.8 Å². The van der Waals surface area contributed by atoms with Crippen molar-refractivity contribution in [1.29, 1.82) is 0 Å². The lowest BCUT2D eigenvalue weighted by atomic mass is 10.1. The van der Waals surface area contributed by atoms with Crippen molar-refractivity contribution in [2.75, 3.05) is 0 Å². The first-order valence-electron chi connectivity index (χ1n) is 4.70. The average Bonchev–Trinajstić information content (AvgIpc) is 2.65. The standard InChI is InChI=1S/C12H11NO2/c1-8-7-15-12(13-8)11-5-3-4-10(6-11)9(2)14/h3-7H,1-2H3. The third-order valence-corrected chi connectivity index (χ3v) is 2.14. The molecule has 0 aliphatic heterocycles. The summed E-state index contributed by atoms with van der Waals surface area (Å²) in [6, 6.07) is 7.26. The third kappa shape index (κ3) is 1.96. The second kappa shape index (κ2) is 3.69. The highest BCUT2D eigenvalue weighted by Gasteiger charge is 2.06. The molecular weight excluding hydrogens is 190 g/mol. The summed E-state index contributed by atoms with van der Waals surface area (Å²) in [5.41, 5.74) is 2.33. The van der Waals surface area contributed by atoms with Crippen LogP contribution in [0.5, 0.6) is 0 Å². The minimum absolute atomic E-state index is 0.0418. The van der Waals surface area contributed by atoms with Crippen LogP contribution in [0.2, 0.25) is 0 Å². The van der Waals surface area contributed by atoms with Crippen molar-refractivity contribution in [3.05, 3.63) is 41.8 Å². The first-order valence-corrected chi connectivity index (χ1v) is 4.70. The Morgan fingerprint density at radius 1 is 1.40 bits per heavy atom. The highest BCUT2D eigenvalue weighted by atomic mass is 16.3. The number of rotatable bonds is 2. The van der Waals surface area contributed by atoms with Crippen molar-refractivity contribution in [2.24, 2.45) is 0 Å². The van der Waals surface area contributed by atoms with E-state index in [2.05, 4.69) is 4.98 Å². The molecule has 0 aliphatic carbocycles. The van der Waals surface area contributed by atoms with Gasteiger partial charge in [0.1, 0.15) is 6.26 Å². The van der Waals surface area contributed by atoms with E-state index in [1.165, 1.54) is 0 Å². The van der Waals surface area contributed by atoms with Gasteiger partial charge in [0.15, 0.2) is 5.78 Å². The quantitative estimate of drug-likeness (QED) is 0.701. The number of nitrogens with zero attached hydrogens (tertiary/aromatic N) is 1. The van der Waals surface area contributed by atoms with E-state index in [1.807, 2.05) is 19.1 Å². The van der Waals surface area contributed by atoms with Crippen molar-refractivity contribution < 1.29 is 9.21 Å². The van der Waals surface area contributed by atoms with E-state index < -0.39 is 0 Å². The Kier molecular flexibility index (Phi) is 2.37. The van der Waals surface area contributed by atoms with Gasteiger partial charge in [0.05, 0.1) is 5.69 Å². The van der Waals surface area contributed by atoms with E-state index in [4.69, 9.17) is 4.42 Å². The Hall–Kier alpha value is -1.90. The fourth-order valence-electron chi connectivity index (χ4n) is 1.36. The zero-order chi connectivity index (χ0) is 10.8. The molecule has 2 aromatic rings. The van der Waals surface area contributed by atoms with Crippen molar-refractivity contribution in [3.8, 4) is 11.5 Å². The second-order valence-electron chi connectivity index (χ2n) is 3.43. The van der Waals surface area contributed by atoms with E-state index in [-0.39, 0.29) is 5.78 Å². The van der Waals surface area contributed by atoms with Crippen LogP contribution in [0.3, 0.4) is 0 Å². The molecule has 15 heavy (non-hydrogen) atoms. The normalized spacial score (nSPS) is 10.3. The largest absolute Gasteiger partial charge is 0.444 e. The summed E-state index contributed by atoms with van der Waals surface area (Å²) < 4.78 is 5.26. The number of hydrogen-bond donors (Lipinski definition) is 0. The molecule has 0 amide bonds. The van der Waals surface area contributed by atoms with Gasteiger partial charge in [0, 0.05) is 11.1 Å². The van der Waals surface area contributed by atoms with Crippen LogP contribution in [0.15, 0.2) is 34.9 Å². The Morgan fingerprint density at radius 3 is 2.80 bits per heavy atom. The lowest BCUT2D eigenvalue weighted by Crippen LogP contribution is -1.91. The molecule has 0 saturated heterocycles. The van der Waals surface area contributed by atoms with Gasteiger partial charge in [-0.3, -0.25) is 4.79 Å². The second-order valence-corrected chi connectivity index (χ2v) is 3.43. The average molecular weight is 201 g/mol. The lowest BCUT2D eigenvalue weighted by Gasteiger charge is -1.98. The molecule has 0 N–H and O–H groups in total. The summed E-state index contributed by atoms with van der Waals surface area (Å²) in [5, 5.41) is 0. The van der Waals surface area contributed by atoms with Crippen LogP contribution in [0.1, 0.15) is 23.0 Å². The Labute approximate surface area is 87.8 Å². The predicted molar refractivity (Wildman–Crippen MR) is 56.7 cm³/mol. The Bertz CT molecular complexity index is 500. The predicted octanol–water partition coefficient (Wildman–Crippen LogP) is 2.85. The highest BCUT2D eigenvalue weighted by molar-refractivity contribution is 5.95. The van der Waals surface area contributed by atoms with Gasteiger partial charge >= 0.3 is 0 Å². The molecule has 0 atom stereocenters. The molecule has 0 fully saturated rings. The number of benzene rings is 1. The van der Waals surface area contributed by atoms with E-state index in [1.54, 1.807) is 25.3 Å². The van der Waals surface area contributed by atoms with Gasteiger partial charge in [0.2, 0.25) is 5.89 Å². The molecule has 0 radical (unpaired) electrons. The van der Waals surface area contributed by atoms with E-state index >= 15 is 0 Å². The molecule has 0 unspecified atom stereocenters. The van der Waals surface area contributed by atoms with Crippen molar-refractivity contribution >= 4 is 5.78 Å². The number of carbonyl (C=O) groups is 1. The maximum Gasteiger partial charge on any atom is 0.226 e. The molecule has 1 aromatic heterocycles. The molecule has 0 bridgehead atoms. The number of oxazole rings is 1. The van der Waals surface area contributed by atoms with Crippen molar-refractivity contribution in [1.82, 2.24) is 4.98 Å². The molecule has 2 rings (SSSR count). The molecular formula is C12H11NO2. The molecule has 1 aromatic carbocycles. The van der Waals surface area contributed by atoms with Crippen LogP contribution >= 0.6 is 0 Å². The highest BCUT2D eigenvalue weighted by Crippen LogP contribution is 2.19. The van der Waals surface area contributed by atoms with Gasteiger partial charge in [0.25, 0.3) is 0 Å². The number of ketones is 1. The topological polar surface area (TPSA) is 43.1 Å². The smallest absolute Gasteiger partial charge is 0.226 e. The third-order valence-electron chi connectivity index (χ3n) is 2.14. The lowest BCUT2D eigenvalue weighted by molar-refractivity contribution is 0.101. The minimum Gasteiger partial charge on any atom is -0.444 e. The first-order chi connectivity index (χ1) is 7.16. The summed E-state index contributed by atoms with van der Waals surface area (Å²) in [5.74, 6) is 0.593. The number of Topliss-reactive ketones (excluding diaryl/α,β-unsaturated/α-hetero) is 1. The number of aryl methyl sites for hydroxylation is 1. The van der Waals surface area contributed by atoms with Gasteiger partial charge in [-0.25, -0.2) is 4.98 Å². The molecule has 0 spiro atoms. The van der Waals surface area contributed by atoms with Gasteiger partial charge < -0.3 is 4.42 Å². The van der Waals surface area contributed by atoms with Crippen LogP contribution in [0, 0.1) is 6.92 Å². The van der Waals surface area contributed by atoms with Crippen LogP contribution in [0.25, 0.3) is 11.5 Å². The van der Waals surface area contributed by atoms with Crippen molar-refractivity contribution in [2.45, 2.75) is 13.8 Å². The maximum atomic E-state index is 11.2. The molecule has 3 heteroatoms. The fourth-order valence-corrected chi connectivity index (χ4v) is 1.36. The van der Waals surface area contributed by atoms with Crippen LogP contribution in [0.4, 0.5) is 0 Å². The summed E-state index contributed by atoms with van der Waals surface area (Å²) >= 11 is 0. The Balaban J connectivity index is 2.45. The van der Waals surface area contributed by atoms with Crippen molar-refractivity contribution in [3.63, 3.8) is 0 Å². The summed E-state index contributed by atoms with van der Waals surface area (Å²) in [7, 11) is 0. The van der Waals surface area contributed by atoms with E-state index in [0.717, 1.165) is 11.3 Å². The zero-order valence-electron chi connectivity index (χ0n) is 8.65. The Morgan fingerprint density at radius 2 is 2.20 bits per heavy atom. The monoisotopic (exact) mass is 201 g/mol. The molecule has 3 nitrogen and oxygen atoms in total. The fraction of sp³-hybridized carbons (Fsp3) is 0.167. The van der Waals surface area contributed by atoms with Gasteiger partial charge in [-0.05, 0) is 26.0 Å². The number of aromatic nitrogens is 1. The van der Waals surface area contributed by atoms with E-state index in [0.29, 0.717) is 11.5 Å². The molecule has 0 aliphatic rings. The SMILES string of the molecule is CC(=O)c1cccc(-c2nc(C)co2)c1. The zero-order valence-corrected chi connectivity index (χ0v) is 8.65.